The summed E-state index contributed by atoms with van der Waals surface area (Å²) in [5, 5.41) is 3.03. The van der Waals surface area contributed by atoms with Gasteiger partial charge in [0, 0.05) is 0 Å². The molecule has 4 nitrogen and oxygen atoms in total. The highest BCUT2D eigenvalue weighted by Crippen LogP contribution is 2.10. The maximum absolute atomic E-state index is 5.38. The van der Waals surface area contributed by atoms with Crippen LogP contribution in [0.25, 0.3) is 0 Å². The van der Waals surface area contributed by atoms with Gasteiger partial charge in [0.25, 0.3) is 0 Å². The first-order valence-electron chi connectivity index (χ1n) is 3.87. The molecule has 1 rings (SSSR count). The van der Waals surface area contributed by atoms with Crippen molar-refractivity contribution >= 4 is 11.6 Å². The third kappa shape index (κ3) is 2.64. The van der Waals surface area contributed by atoms with Gasteiger partial charge in [-0.25, -0.2) is 9.97 Å². The fourth-order valence-corrected chi connectivity index (χ4v) is 0.759. The van der Waals surface area contributed by atoms with E-state index >= 15 is 0 Å². The zero-order chi connectivity index (χ0) is 9.90. The third-order valence-corrected chi connectivity index (χ3v) is 1.47. The summed E-state index contributed by atoms with van der Waals surface area (Å²) in [6.07, 6.45) is 8.33. The lowest BCUT2D eigenvalue weighted by molar-refractivity contribution is 0.735. The van der Waals surface area contributed by atoms with Crippen LogP contribution in [0.15, 0.2) is 12.4 Å². The van der Waals surface area contributed by atoms with Crippen LogP contribution in [0, 0.1) is 12.3 Å². The maximum atomic E-state index is 5.38. The van der Waals surface area contributed by atoms with Crippen molar-refractivity contribution in [1.29, 1.82) is 0 Å². The van der Waals surface area contributed by atoms with Crippen LogP contribution in [0.2, 0.25) is 0 Å². The second-order valence-electron chi connectivity index (χ2n) is 3.22. The number of nitrogens with one attached hydrogen (secondary N) is 1. The second-order valence-corrected chi connectivity index (χ2v) is 3.22. The van der Waals surface area contributed by atoms with Gasteiger partial charge in [-0.2, -0.15) is 0 Å². The predicted molar refractivity (Wildman–Crippen MR) is 53.0 cm³/mol. The highest BCUT2D eigenvalue weighted by atomic mass is 15.1. The Labute approximate surface area is 77.6 Å². The maximum Gasteiger partial charge on any atom is 0.145 e. The van der Waals surface area contributed by atoms with Crippen LogP contribution in [-0.4, -0.2) is 15.5 Å². The normalized spacial score (nSPS) is 10.5. The van der Waals surface area contributed by atoms with Gasteiger partial charge in [0.1, 0.15) is 11.6 Å². The van der Waals surface area contributed by atoms with Crippen molar-refractivity contribution in [3.8, 4) is 12.3 Å². The number of nitrogens with zero attached hydrogens (tertiary/aromatic N) is 2. The minimum absolute atomic E-state index is 0.393. The number of rotatable bonds is 2. The number of hydrogen-bond acceptors (Lipinski definition) is 4. The lowest BCUT2D eigenvalue weighted by Gasteiger charge is -2.19. The summed E-state index contributed by atoms with van der Waals surface area (Å²) in [6, 6.07) is 0. The third-order valence-electron chi connectivity index (χ3n) is 1.47. The Hall–Kier alpha value is -1.76. The Balaban J connectivity index is 2.77. The monoisotopic (exact) mass is 176 g/mol. The van der Waals surface area contributed by atoms with Gasteiger partial charge in [-0.3, -0.25) is 0 Å². The SMILES string of the molecule is C#CC(C)(C)Nc1cnc(N)cn1. The first kappa shape index (κ1) is 9.33. The molecule has 1 aromatic heterocycles. The molecule has 0 radical (unpaired) electrons. The number of aromatic nitrogens is 2. The molecule has 0 aliphatic heterocycles. The van der Waals surface area contributed by atoms with Crippen molar-refractivity contribution in [2.45, 2.75) is 19.4 Å². The molecule has 0 aliphatic rings. The molecule has 0 unspecified atom stereocenters. The van der Waals surface area contributed by atoms with Gasteiger partial charge in [0.05, 0.1) is 17.9 Å². The molecule has 0 fully saturated rings. The van der Waals surface area contributed by atoms with Gasteiger partial charge >= 0.3 is 0 Å². The van der Waals surface area contributed by atoms with Crippen molar-refractivity contribution in [1.82, 2.24) is 9.97 Å². The predicted octanol–water partition coefficient (Wildman–Crippen LogP) is 0.883. The summed E-state index contributed by atoms with van der Waals surface area (Å²) in [5.41, 5.74) is 4.96. The first-order valence-corrected chi connectivity index (χ1v) is 3.87. The Morgan fingerprint density at radius 1 is 1.46 bits per heavy atom. The molecule has 1 heterocycles. The molecule has 13 heavy (non-hydrogen) atoms. The Bertz CT molecular complexity index is 320. The second kappa shape index (κ2) is 3.31. The van der Waals surface area contributed by atoms with Crippen LogP contribution < -0.4 is 11.1 Å². The summed E-state index contributed by atoms with van der Waals surface area (Å²) in [7, 11) is 0. The molecule has 0 bridgehead atoms. The molecule has 0 aromatic carbocycles. The summed E-state index contributed by atoms with van der Waals surface area (Å²) in [5.74, 6) is 3.61. The molecular formula is C9H12N4. The zero-order valence-electron chi connectivity index (χ0n) is 7.70. The van der Waals surface area contributed by atoms with Gasteiger partial charge in [0.15, 0.2) is 0 Å². The highest BCUT2D eigenvalue weighted by molar-refractivity contribution is 5.41. The lowest BCUT2D eigenvalue weighted by atomic mass is 10.1. The number of nitrogen functional groups attached to an aromatic ring is 1. The highest BCUT2D eigenvalue weighted by Gasteiger charge is 2.13. The van der Waals surface area contributed by atoms with Gasteiger partial charge in [-0.05, 0) is 13.8 Å². The van der Waals surface area contributed by atoms with E-state index in [1.165, 1.54) is 6.20 Å². The smallest absolute Gasteiger partial charge is 0.145 e. The van der Waals surface area contributed by atoms with E-state index in [0.717, 1.165) is 0 Å². The quantitative estimate of drug-likeness (QED) is 0.657. The average Bonchev–Trinajstić information content (AvgIpc) is 2.09. The van der Waals surface area contributed by atoms with Crippen LogP contribution in [0.1, 0.15) is 13.8 Å². The van der Waals surface area contributed by atoms with Crippen LogP contribution in [0.3, 0.4) is 0 Å². The standard InChI is InChI=1S/C9H12N4/c1-4-9(2,3)13-8-6-11-7(10)5-12-8/h1,5-6H,2-3H3,(H2,10,11)(H,12,13). The molecule has 1 aromatic rings. The fourth-order valence-electron chi connectivity index (χ4n) is 0.759. The average molecular weight is 176 g/mol. The van der Waals surface area contributed by atoms with Crippen molar-refractivity contribution in [2.24, 2.45) is 0 Å². The largest absolute Gasteiger partial charge is 0.382 e. The molecule has 3 N–H and O–H groups in total. The molecule has 68 valence electrons. The zero-order valence-corrected chi connectivity index (χ0v) is 7.70. The van der Waals surface area contributed by atoms with Gasteiger partial charge in [-0.15, -0.1) is 6.42 Å². The van der Waals surface area contributed by atoms with Crippen LogP contribution in [0.4, 0.5) is 11.6 Å². The van der Waals surface area contributed by atoms with E-state index in [1.54, 1.807) is 6.20 Å². The van der Waals surface area contributed by atoms with Gasteiger partial charge < -0.3 is 11.1 Å². The molecule has 0 saturated heterocycles. The van der Waals surface area contributed by atoms with E-state index in [1.807, 2.05) is 13.8 Å². The minimum Gasteiger partial charge on any atom is -0.382 e. The van der Waals surface area contributed by atoms with E-state index in [0.29, 0.717) is 11.6 Å². The lowest BCUT2D eigenvalue weighted by Crippen LogP contribution is -2.29. The van der Waals surface area contributed by atoms with Crippen molar-refractivity contribution in [3.63, 3.8) is 0 Å². The molecule has 0 aliphatic carbocycles. The molecule has 0 amide bonds. The van der Waals surface area contributed by atoms with Crippen LogP contribution >= 0.6 is 0 Å². The van der Waals surface area contributed by atoms with E-state index < -0.39 is 5.54 Å². The van der Waals surface area contributed by atoms with E-state index in [4.69, 9.17) is 12.2 Å². The Morgan fingerprint density at radius 3 is 2.62 bits per heavy atom. The summed E-state index contributed by atoms with van der Waals surface area (Å²) in [4.78, 5) is 7.90. The van der Waals surface area contributed by atoms with Crippen LogP contribution in [0.5, 0.6) is 0 Å². The Morgan fingerprint density at radius 2 is 2.15 bits per heavy atom. The minimum atomic E-state index is -0.426. The van der Waals surface area contributed by atoms with E-state index in [9.17, 15) is 0 Å². The molecule has 0 saturated carbocycles. The summed E-state index contributed by atoms with van der Waals surface area (Å²) < 4.78 is 0. The Kier molecular flexibility index (Phi) is 2.38. The fraction of sp³-hybridized carbons (Fsp3) is 0.333. The van der Waals surface area contributed by atoms with Gasteiger partial charge in [0.2, 0.25) is 0 Å². The van der Waals surface area contributed by atoms with Crippen molar-refractivity contribution in [3.05, 3.63) is 12.4 Å². The van der Waals surface area contributed by atoms with Gasteiger partial charge in [-0.1, -0.05) is 5.92 Å². The first-order chi connectivity index (χ1) is 6.03. The van der Waals surface area contributed by atoms with Crippen molar-refractivity contribution in [2.75, 3.05) is 11.1 Å². The number of hydrogen-bond donors (Lipinski definition) is 2. The molecule has 4 heteroatoms. The molecule has 0 atom stereocenters. The van der Waals surface area contributed by atoms with E-state index in [2.05, 4.69) is 21.2 Å². The summed E-state index contributed by atoms with van der Waals surface area (Å²) >= 11 is 0. The van der Waals surface area contributed by atoms with Crippen molar-refractivity contribution < 1.29 is 0 Å². The van der Waals surface area contributed by atoms with Crippen LogP contribution in [-0.2, 0) is 0 Å². The van der Waals surface area contributed by atoms with E-state index in [-0.39, 0.29) is 0 Å². The number of nitrogens with two attached hydrogens (primary N) is 1. The molecule has 0 spiro atoms. The topological polar surface area (TPSA) is 63.8 Å². The summed E-state index contributed by atoms with van der Waals surface area (Å²) in [6.45, 7) is 3.76. The molecular weight excluding hydrogens is 164 g/mol. The number of terminal acetylenes is 1. The number of anilines is 2.